The number of nitro benzene ring substituents is 1. The van der Waals surface area contributed by atoms with Crippen molar-refractivity contribution in [3.8, 4) is 0 Å². The molecule has 0 aliphatic rings. The van der Waals surface area contributed by atoms with Crippen LogP contribution >= 0.6 is 24.0 Å². The summed E-state index contributed by atoms with van der Waals surface area (Å²) >= 11 is 0. The second kappa shape index (κ2) is 8.20. The van der Waals surface area contributed by atoms with E-state index < -0.39 is 4.92 Å². The van der Waals surface area contributed by atoms with Crippen LogP contribution in [0.25, 0.3) is 0 Å². The Morgan fingerprint density at radius 2 is 1.76 bits per heavy atom. The largest absolute Gasteiger partial charge is 0.370 e. The average molecular weight is 398 g/mol. The summed E-state index contributed by atoms with van der Waals surface area (Å²) in [6.07, 6.45) is 0. The van der Waals surface area contributed by atoms with Gasteiger partial charge < -0.3 is 11.1 Å². The molecule has 2 aromatic rings. The molecule has 3 N–H and O–H groups in total. The van der Waals surface area contributed by atoms with Crippen molar-refractivity contribution in [1.82, 2.24) is 0 Å². The van der Waals surface area contributed by atoms with Gasteiger partial charge in [-0.05, 0) is 17.7 Å². The average Bonchev–Trinajstić information content (AvgIpc) is 2.46. The van der Waals surface area contributed by atoms with Gasteiger partial charge >= 0.3 is 0 Å². The minimum absolute atomic E-state index is 0. The normalized spacial score (nSPS) is 10.6. The number of nitrogens with one attached hydrogen (secondary N) is 1. The minimum atomic E-state index is -0.432. The van der Waals surface area contributed by atoms with Crippen LogP contribution in [0.15, 0.2) is 59.6 Å². The molecule has 7 heteroatoms. The molecule has 0 unspecified atom stereocenters. The molecule has 0 aliphatic heterocycles. The number of non-ortho nitro benzene ring substituents is 1. The highest BCUT2D eigenvalue weighted by molar-refractivity contribution is 14.0. The highest BCUT2D eigenvalue weighted by Gasteiger charge is 2.03. The fraction of sp³-hybridized carbons (Fsp3) is 0.0714. The fourth-order valence-corrected chi connectivity index (χ4v) is 1.61. The summed E-state index contributed by atoms with van der Waals surface area (Å²) in [6.45, 7) is 0.365. The van der Waals surface area contributed by atoms with Crippen molar-refractivity contribution in [2.45, 2.75) is 6.54 Å². The molecular formula is C14H15IN4O2. The molecular weight excluding hydrogens is 383 g/mol. The first kappa shape index (κ1) is 16.9. The fourth-order valence-electron chi connectivity index (χ4n) is 1.61. The molecule has 110 valence electrons. The van der Waals surface area contributed by atoms with Gasteiger partial charge in [0.15, 0.2) is 5.96 Å². The van der Waals surface area contributed by atoms with Gasteiger partial charge in [0.25, 0.3) is 5.69 Å². The first-order valence-corrected chi connectivity index (χ1v) is 6.00. The quantitative estimate of drug-likeness (QED) is 0.272. The van der Waals surface area contributed by atoms with Crippen molar-refractivity contribution in [2.24, 2.45) is 10.7 Å². The Morgan fingerprint density at radius 3 is 2.33 bits per heavy atom. The number of nitrogens with two attached hydrogens (primary N) is 1. The number of para-hydroxylation sites is 1. The molecule has 0 heterocycles. The van der Waals surface area contributed by atoms with Crippen LogP contribution in [0.4, 0.5) is 11.4 Å². The Bertz CT molecular complexity index is 615. The first-order valence-electron chi connectivity index (χ1n) is 6.00. The lowest BCUT2D eigenvalue weighted by Crippen LogP contribution is -2.22. The molecule has 0 aromatic heterocycles. The van der Waals surface area contributed by atoms with Crippen LogP contribution < -0.4 is 11.1 Å². The summed E-state index contributed by atoms with van der Waals surface area (Å²) in [5.41, 5.74) is 7.54. The lowest BCUT2D eigenvalue weighted by Gasteiger charge is -2.05. The van der Waals surface area contributed by atoms with Gasteiger partial charge in [-0.25, -0.2) is 4.99 Å². The molecule has 0 saturated heterocycles. The van der Waals surface area contributed by atoms with E-state index in [1.165, 1.54) is 12.1 Å². The van der Waals surface area contributed by atoms with Gasteiger partial charge in [0.05, 0.1) is 11.5 Å². The number of anilines is 1. The van der Waals surface area contributed by atoms with Gasteiger partial charge in [-0.2, -0.15) is 0 Å². The highest BCUT2D eigenvalue weighted by Crippen LogP contribution is 2.12. The lowest BCUT2D eigenvalue weighted by atomic mass is 10.2. The number of nitro groups is 1. The number of hydrogen-bond donors (Lipinski definition) is 2. The predicted octanol–water partition coefficient (Wildman–Crippen LogP) is 3.14. The standard InChI is InChI=1S/C14H14N4O2.HI/c15-14(17-12-4-2-1-3-5-12)16-10-11-6-8-13(9-7-11)18(19)20;/h1-9H,10H2,(H3,15,16,17);1H. The van der Waals surface area contributed by atoms with Crippen LogP contribution in [0.3, 0.4) is 0 Å². The van der Waals surface area contributed by atoms with Crippen LogP contribution in [0.2, 0.25) is 0 Å². The Balaban J connectivity index is 0.00000220. The SMILES string of the molecule is I.NC(=NCc1ccc([N+](=O)[O-])cc1)Nc1ccccc1. The van der Waals surface area contributed by atoms with Crippen molar-refractivity contribution in [3.63, 3.8) is 0 Å². The third-order valence-electron chi connectivity index (χ3n) is 2.63. The molecule has 21 heavy (non-hydrogen) atoms. The molecule has 2 rings (SSSR count). The van der Waals surface area contributed by atoms with Crippen molar-refractivity contribution < 1.29 is 4.92 Å². The van der Waals surface area contributed by atoms with Gasteiger partial charge in [-0.1, -0.05) is 30.3 Å². The maximum atomic E-state index is 10.5. The monoisotopic (exact) mass is 398 g/mol. The summed E-state index contributed by atoms with van der Waals surface area (Å²) < 4.78 is 0. The summed E-state index contributed by atoms with van der Waals surface area (Å²) in [5.74, 6) is 0.301. The number of nitrogens with zero attached hydrogens (tertiary/aromatic N) is 2. The van der Waals surface area contributed by atoms with E-state index in [0.717, 1.165) is 11.3 Å². The lowest BCUT2D eigenvalue weighted by molar-refractivity contribution is -0.384. The van der Waals surface area contributed by atoms with E-state index in [4.69, 9.17) is 5.73 Å². The van der Waals surface area contributed by atoms with E-state index in [9.17, 15) is 10.1 Å². The van der Waals surface area contributed by atoms with E-state index in [1.54, 1.807) is 12.1 Å². The summed E-state index contributed by atoms with van der Waals surface area (Å²) in [7, 11) is 0. The zero-order valence-corrected chi connectivity index (χ0v) is 13.4. The minimum Gasteiger partial charge on any atom is -0.370 e. The predicted molar refractivity (Wildman–Crippen MR) is 93.9 cm³/mol. The smallest absolute Gasteiger partial charge is 0.269 e. The molecule has 0 aliphatic carbocycles. The van der Waals surface area contributed by atoms with Crippen LogP contribution in [-0.2, 0) is 6.54 Å². The Kier molecular flexibility index (Phi) is 6.60. The van der Waals surface area contributed by atoms with Gasteiger partial charge in [0.1, 0.15) is 0 Å². The van der Waals surface area contributed by atoms with Gasteiger partial charge in [0, 0.05) is 17.8 Å². The van der Waals surface area contributed by atoms with E-state index in [2.05, 4.69) is 10.3 Å². The zero-order chi connectivity index (χ0) is 14.4. The number of benzene rings is 2. The number of guanidine groups is 1. The molecule has 0 atom stereocenters. The Labute approximate surface area is 139 Å². The number of hydrogen-bond acceptors (Lipinski definition) is 3. The topological polar surface area (TPSA) is 93.5 Å². The molecule has 2 aromatic carbocycles. The highest BCUT2D eigenvalue weighted by atomic mass is 127. The van der Waals surface area contributed by atoms with Crippen LogP contribution in [-0.4, -0.2) is 10.9 Å². The third kappa shape index (κ3) is 5.38. The second-order valence-electron chi connectivity index (χ2n) is 4.12. The van der Waals surface area contributed by atoms with Crippen molar-refractivity contribution in [2.75, 3.05) is 5.32 Å². The number of aliphatic imine (C=N–C) groups is 1. The van der Waals surface area contributed by atoms with E-state index in [-0.39, 0.29) is 29.7 Å². The van der Waals surface area contributed by atoms with Crippen LogP contribution in [0, 0.1) is 10.1 Å². The zero-order valence-electron chi connectivity index (χ0n) is 11.1. The van der Waals surface area contributed by atoms with Crippen LogP contribution in [0.5, 0.6) is 0 Å². The van der Waals surface area contributed by atoms with E-state index >= 15 is 0 Å². The molecule has 0 radical (unpaired) electrons. The summed E-state index contributed by atoms with van der Waals surface area (Å²) in [5, 5.41) is 13.5. The molecule has 0 fully saturated rings. The molecule has 0 bridgehead atoms. The van der Waals surface area contributed by atoms with Crippen molar-refractivity contribution >= 4 is 41.3 Å². The molecule has 0 saturated carbocycles. The Morgan fingerprint density at radius 1 is 1.14 bits per heavy atom. The second-order valence-corrected chi connectivity index (χ2v) is 4.12. The van der Waals surface area contributed by atoms with Gasteiger partial charge in [-0.15, -0.1) is 24.0 Å². The van der Waals surface area contributed by atoms with Gasteiger partial charge in [-0.3, -0.25) is 10.1 Å². The summed E-state index contributed by atoms with van der Waals surface area (Å²) in [6, 6.07) is 15.7. The maximum absolute atomic E-state index is 10.5. The number of halogens is 1. The Hall–Kier alpha value is -2.16. The molecule has 6 nitrogen and oxygen atoms in total. The molecule has 0 spiro atoms. The maximum Gasteiger partial charge on any atom is 0.269 e. The first-order chi connectivity index (χ1) is 9.65. The van der Waals surface area contributed by atoms with Gasteiger partial charge in [0.2, 0.25) is 0 Å². The summed E-state index contributed by atoms with van der Waals surface area (Å²) in [4.78, 5) is 14.3. The molecule has 0 amide bonds. The van der Waals surface area contributed by atoms with Crippen LogP contribution in [0.1, 0.15) is 5.56 Å². The van der Waals surface area contributed by atoms with E-state index in [1.807, 2.05) is 30.3 Å². The van der Waals surface area contributed by atoms with Crippen molar-refractivity contribution in [1.29, 1.82) is 0 Å². The number of rotatable bonds is 4. The van der Waals surface area contributed by atoms with E-state index in [0.29, 0.717) is 12.5 Å². The van der Waals surface area contributed by atoms with Crippen molar-refractivity contribution in [3.05, 3.63) is 70.3 Å². The third-order valence-corrected chi connectivity index (χ3v) is 2.63.